The van der Waals surface area contributed by atoms with E-state index in [2.05, 4.69) is 4.74 Å². The smallest absolute Gasteiger partial charge is 0.343 e. The highest BCUT2D eigenvalue weighted by atomic mass is 35.5. The fraction of sp³-hybridized carbons (Fsp3) is 0.353. The van der Waals surface area contributed by atoms with Gasteiger partial charge in [-0.15, -0.1) is 0 Å². The van der Waals surface area contributed by atoms with Crippen LogP contribution >= 0.6 is 35.0 Å². The molecule has 1 atom stereocenters. The highest BCUT2D eigenvalue weighted by Crippen LogP contribution is 2.38. The van der Waals surface area contributed by atoms with Gasteiger partial charge in [0.15, 0.2) is 12.4 Å². The van der Waals surface area contributed by atoms with E-state index in [1.165, 1.54) is 24.1 Å². The molecular formula is C17H17Cl2NO5S. The summed E-state index contributed by atoms with van der Waals surface area (Å²) in [6, 6.07) is 2.91. The Morgan fingerprint density at radius 3 is 2.46 bits per heavy atom. The Morgan fingerprint density at radius 2 is 1.92 bits per heavy atom. The first-order valence-corrected chi connectivity index (χ1v) is 9.31. The number of imide groups is 1. The predicted molar refractivity (Wildman–Crippen MR) is 102 cm³/mol. The molecule has 9 heteroatoms. The van der Waals surface area contributed by atoms with E-state index < -0.39 is 5.97 Å². The van der Waals surface area contributed by atoms with Gasteiger partial charge in [0.05, 0.1) is 22.1 Å². The summed E-state index contributed by atoms with van der Waals surface area (Å²) in [4.78, 5) is 37.2. The molecule has 1 aromatic rings. The average Bonchev–Trinajstić information content (AvgIpc) is 2.86. The summed E-state index contributed by atoms with van der Waals surface area (Å²) in [6.07, 6.45) is 2.23. The summed E-state index contributed by atoms with van der Waals surface area (Å²) < 4.78 is 9.74. The Labute approximate surface area is 165 Å². The Hall–Kier alpha value is -1.70. The van der Waals surface area contributed by atoms with Gasteiger partial charge in [-0.25, -0.2) is 4.79 Å². The van der Waals surface area contributed by atoms with Gasteiger partial charge >= 0.3 is 5.97 Å². The number of rotatable bonds is 6. The van der Waals surface area contributed by atoms with Gasteiger partial charge in [-0.3, -0.25) is 14.5 Å². The zero-order valence-corrected chi connectivity index (χ0v) is 16.7. The number of hydrogen-bond donors (Lipinski definition) is 0. The van der Waals surface area contributed by atoms with Crippen molar-refractivity contribution >= 4 is 58.2 Å². The van der Waals surface area contributed by atoms with Crippen molar-refractivity contribution < 1.29 is 23.9 Å². The maximum Gasteiger partial charge on any atom is 0.343 e. The van der Waals surface area contributed by atoms with Crippen molar-refractivity contribution in [2.45, 2.75) is 26.3 Å². The summed E-state index contributed by atoms with van der Waals surface area (Å²) in [5, 5.41) is 0.0495. The molecule has 1 saturated heterocycles. The third-order valence-electron chi connectivity index (χ3n) is 3.74. The van der Waals surface area contributed by atoms with E-state index in [9.17, 15) is 14.4 Å². The molecule has 0 radical (unpaired) electrons. The molecule has 0 aliphatic carbocycles. The molecule has 0 spiro atoms. The molecule has 1 aliphatic heterocycles. The van der Waals surface area contributed by atoms with Crippen molar-refractivity contribution in [3.8, 4) is 5.75 Å². The summed E-state index contributed by atoms with van der Waals surface area (Å²) >= 11 is 13.2. The molecule has 1 heterocycles. The van der Waals surface area contributed by atoms with Crippen LogP contribution in [0, 0.1) is 0 Å². The van der Waals surface area contributed by atoms with Gasteiger partial charge in [0, 0.05) is 6.04 Å². The standard InChI is InChI=1S/C17H17Cl2NO5S/c1-4-9(2)20-16(22)13(26-17(20)23)7-10-5-11(18)15(12(19)6-10)25-8-14(21)24-3/h5-7,9H,4,8H2,1-3H3/b13-7+/t9-/m1/s1. The zero-order valence-electron chi connectivity index (χ0n) is 14.4. The fourth-order valence-corrected chi connectivity index (χ4v) is 3.73. The molecule has 0 N–H and O–H groups in total. The molecule has 140 valence electrons. The molecule has 0 saturated carbocycles. The van der Waals surface area contributed by atoms with E-state index in [1.807, 2.05) is 13.8 Å². The van der Waals surface area contributed by atoms with E-state index in [4.69, 9.17) is 27.9 Å². The van der Waals surface area contributed by atoms with Gasteiger partial charge in [0.1, 0.15) is 0 Å². The molecule has 0 aromatic heterocycles. The van der Waals surface area contributed by atoms with Crippen molar-refractivity contribution in [2.24, 2.45) is 0 Å². The molecule has 1 aliphatic rings. The van der Waals surface area contributed by atoms with Crippen LogP contribution < -0.4 is 4.74 Å². The number of methoxy groups -OCH3 is 1. The summed E-state index contributed by atoms with van der Waals surface area (Å²) in [5.41, 5.74) is 0.542. The second-order valence-corrected chi connectivity index (χ2v) is 7.30. The van der Waals surface area contributed by atoms with E-state index in [0.29, 0.717) is 16.9 Å². The number of ether oxygens (including phenoxy) is 2. The van der Waals surface area contributed by atoms with Gasteiger partial charge in [-0.2, -0.15) is 0 Å². The van der Waals surface area contributed by atoms with Crippen molar-refractivity contribution in [1.29, 1.82) is 0 Å². The lowest BCUT2D eigenvalue weighted by molar-refractivity contribution is -0.142. The van der Waals surface area contributed by atoms with Crippen molar-refractivity contribution in [1.82, 2.24) is 4.90 Å². The average molecular weight is 418 g/mol. The SMILES string of the molecule is CC[C@@H](C)N1C(=O)S/C(=C/c2cc(Cl)c(OCC(=O)OC)c(Cl)c2)C1=O. The monoisotopic (exact) mass is 417 g/mol. The number of benzene rings is 1. The normalized spacial score (nSPS) is 17.0. The predicted octanol–water partition coefficient (Wildman–Crippen LogP) is 4.38. The number of amides is 2. The van der Waals surface area contributed by atoms with E-state index in [0.717, 1.165) is 11.8 Å². The molecule has 1 aromatic carbocycles. The first-order chi connectivity index (χ1) is 12.3. The first kappa shape index (κ1) is 20.6. The van der Waals surface area contributed by atoms with E-state index in [1.54, 1.807) is 6.08 Å². The van der Waals surface area contributed by atoms with Gasteiger partial charge in [0.25, 0.3) is 11.1 Å². The summed E-state index contributed by atoms with van der Waals surface area (Å²) in [7, 11) is 1.24. The minimum absolute atomic E-state index is 0.142. The first-order valence-electron chi connectivity index (χ1n) is 7.74. The van der Waals surface area contributed by atoms with Gasteiger partial charge in [-0.1, -0.05) is 30.1 Å². The van der Waals surface area contributed by atoms with Gasteiger partial charge < -0.3 is 9.47 Å². The molecule has 1 fully saturated rings. The highest BCUT2D eigenvalue weighted by Gasteiger charge is 2.37. The second-order valence-electron chi connectivity index (χ2n) is 5.49. The lowest BCUT2D eigenvalue weighted by Gasteiger charge is -2.19. The van der Waals surface area contributed by atoms with Gasteiger partial charge in [-0.05, 0) is 48.9 Å². The van der Waals surface area contributed by atoms with Crippen LogP contribution in [0.25, 0.3) is 6.08 Å². The number of hydrogen-bond acceptors (Lipinski definition) is 6. The highest BCUT2D eigenvalue weighted by molar-refractivity contribution is 8.18. The number of carbonyl (C=O) groups excluding carboxylic acids is 3. The van der Waals surface area contributed by atoms with Crippen LogP contribution in [0.4, 0.5) is 4.79 Å². The third-order valence-corrected chi connectivity index (χ3v) is 5.18. The Balaban J connectivity index is 2.25. The largest absolute Gasteiger partial charge is 0.479 e. The number of carbonyl (C=O) groups is 3. The minimum atomic E-state index is -0.570. The number of halogens is 2. The maximum atomic E-state index is 12.4. The Kier molecular flexibility index (Phi) is 6.97. The number of thioether (sulfide) groups is 1. The molecule has 2 amide bonds. The molecular weight excluding hydrogens is 401 g/mol. The molecule has 0 bridgehead atoms. The zero-order chi connectivity index (χ0) is 19.4. The summed E-state index contributed by atoms with van der Waals surface area (Å²) in [6.45, 7) is 3.40. The van der Waals surface area contributed by atoms with Gasteiger partial charge in [0.2, 0.25) is 0 Å². The van der Waals surface area contributed by atoms with Crippen LogP contribution in [-0.4, -0.2) is 41.8 Å². The van der Waals surface area contributed by atoms with Crippen LogP contribution in [0.3, 0.4) is 0 Å². The van der Waals surface area contributed by atoms with E-state index in [-0.39, 0.29) is 39.6 Å². The lowest BCUT2D eigenvalue weighted by atomic mass is 10.2. The Morgan fingerprint density at radius 1 is 1.31 bits per heavy atom. The van der Waals surface area contributed by atoms with Crippen molar-refractivity contribution in [2.75, 3.05) is 13.7 Å². The van der Waals surface area contributed by atoms with Crippen molar-refractivity contribution in [3.05, 3.63) is 32.6 Å². The number of esters is 1. The maximum absolute atomic E-state index is 12.4. The van der Waals surface area contributed by atoms with Crippen molar-refractivity contribution in [3.63, 3.8) is 0 Å². The lowest BCUT2D eigenvalue weighted by Crippen LogP contribution is -2.36. The van der Waals surface area contributed by atoms with Crippen LogP contribution in [0.2, 0.25) is 10.0 Å². The quantitative estimate of drug-likeness (QED) is 0.504. The van der Waals surface area contributed by atoms with Crippen LogP contribution in [0.1, 0.15) is 25.8 Å². The molecule has 6 nitrogen and oxygen atoms in total. The van der Waals surface area contributed by atoms with Crippen LogP contribution in [0.15, 0.2) is 17.0 Å². The third kappa shape index (κ3) is 4.52. The summed E-state index contributed by atoms with van der Waals surface area (Å²) in [5.74, 6) is -0.767. The number of nitrogens with zero attached hydrogens (tertiary/aromatic N) is 1. The minimum Gasteiger partial charge on any atom is -0.479 e. The molecule has 2 rings (SSSR count). The molecule has 26 heavy (non-hydrogen) atoms. The molecule has 0 unspecified atom stereocenters. The van der Waals surface area contributed by atoms with Crippen LogP contribution in [-0.2, 0) is 14.3 Å². The van der Waals surface area contributed by atoms with Crippen LogP contribution in [0.5, 0.6) is 5.75 Å². The van der Waals surface area contributed by atoms with E-state index >= 15 is 0 Å². The fourth-order valence-electron chi connectivity index (χ4n) is 2.18. The second kappa shape index (κ2) is 8.79. The Bertz CT molecular complexity index is 757. The topological polar surface area (TPSA) is 72.9 Å².